The fraction of sp³-hybridized carbons (Fsp3) is 0.250. The molecule has 1 nitrogen and oxygen atoms in total. The third kappa shape index (κ3) is 4.53. The predicted octanol–water partition coefficient (Wildman–Crippen LogP) is 5.16. The van der Waals surface area contributed by atoms with E-state index >= 15 is 0 Å². The summed E-state index contributed by atoms with van der Waals surface area (Å²) in [5.41, 5.74) is 7.08. The van der Waals surface area contributed by atoms with Crippen LogP contribution in [0.2, 0.25) is 0 Å². The van der Waals surface area contributed by atoms with Gasteiger partial charge in [-0.3, -0.25) is 0 Å². The molecule has 0 spiro atoms. The van der Waals surface area contributed by atoms with Crippen molar-refractivity contribution in [3.05, 3.63) is 58.1 Å². The maximum Gasteiger partial charge on any atom is 0.140 e. The molecule has 0 aliphatic heterocycles. The van der Waals surface area contributed by atoms with Gasteiger partial charge in [-0.25, -0.2) is 8.78 Å². The number of rotatable bonds is 5. The molecule has 2 rings (SSSR count). The Morgan fingerprint density at radius 3 is 2.57 bits per heavy atom. The van der Waals surface area contributed by atoms with E-state index in [1.165, 1.54) is 23.9 Å². The Bertz CT molecular complexity index is 634. The summed E-state index contributed by atoms with van der Waals surface area (Å²) in [5, 5.41) is 0. The largest absolute Gasteiger partial charge is 0.327 e. The molecule has 5 heteroatoms. The molecule has 1 atom stereocenters. The molecule has 2 aromatic rings. The smallest absolute Gasteiger partial charge is 0.140 e. The maximum absolute atomic E-state index is 13.8. The van der Waals surface area contributed by atoms with Gasteiger partial charge in [0.15, 0.2) is 0 Å². The van der Waals surface area contributed by atoms with Gasteiger partial charge in [-0.05, 0) is 42.7 Å². The summed E-state index contributed by atoms with van der Waals surface area (Å²) in [6.07, 6.45) is 1.61. The molecule has 0 aliphatic carbocycles. The van der Waals surface area contributed by atoms with Gasteiger partial charge in [-0.1, -0.05) is 40.7 Å². The van der Waals surface area contributed by atoms with E-state index in [1.54, 1.807) is 0 Å². The zero-order chi connectivity index (χ0) is 15.4. The van der Waals surface area contributed by atoms with Crippen molar-refractivity contribution in [2.24, 2.45) is 5.73 Å². The molecule has 1 unspecified atom stereocenters. The van der Waals surface area contributed by atoms with E-state index in [9.17, 15) is 8.78 Å². The summed E-state index contributed by atoms with van der Waals surface area (Å²) in [4.78, 5) is 1.33. The molecule has 0 bridgehead atoms. The predicted molar refractivity (Wildman–Crippen MR) is 86.6 cm³/mol. The monoisotopic (exact) mass is 371 g/mol. The van der Waals surface area contributed by atoms with Crippen LogP contribution in [0.25, 0.3) is 0 Å². The molecule has 2 N–H and O–H groups in total. The molecule has 112 valence electrons. The van der Waals surface area contributed by atoms with Crippen LogP contribution in [0.4, 0.5) is 8.78 Å². The molecule has 0 aliphatic rings. The minimum Gasteiger partial charge on any atom is -0.327 e. The fourth-order valence-electron chi connectivity index (χ4n) is 1.90. The summed E-state index contributed by atoms with van der Waals surface area (Å²) < 4.78 is 27.7. The zero-order valence-electron chi connectivity index (χ0n) is 11.6. The quantitative estimate of drug-likeness (QED) is 0.785. The topological polar surface area (TPSA) is 26.0 Å². The minimum absolute atomic E-state index is 0.0728. The number of benzene rings is 2. The number of hydrogen-bond donors (Lipinski definition) is 1. The van der Waals surface area contributed by atoms with E-state index < -0.39 is 11.6 Å². The van der Waals surface area contributed by atoms with Gasteiger partial charge < -0.3 is 5.73 Å². The first-order valence-electron chi connectivity index (χ1n) is 6.66. The molecule has 0 radical (unpaired) electrons. The molecule has 21 heavy (non-hydrogen) atoms. The summed E-state index contributed by atoms with van der Waals surface area (Å²) in [5.74, 6) is -1.12. The van der Waals surface area contributed by atoms with Crippen LogP contribution in [0.3, 0.4) is 0 Å². The van der Waals surface area contributed by atoms with Crippen molar-refractivity contribution in [2.45, 2.75) is 35.6 Å². The Kier molecular flexibility index (Phi) is 5.79. The Morgan fingerprint density at radius 1 is 1.14 bits per heavy atom. The molecule has 0 heterocycles. The minimum atomic E-state index is -0.570. The van der Waals surface area contributed by atoms with Crippen molar-refractivity contribution in [3.8, 4) is 0 Å². The molecular weight excluding hydrogens is 356 g/mol. The van der Waals surface area contributed by atoms with Gasteiger partial charge in [0.1, 0.15) is 11.6 Å². The van der Waals surface area contributed by atoms with Crippen molar-refractivity contribution in [1.29, 1.82) is 0 Å². The highest BCUT2D eigenvalue weighted by Crippen LogP contribution is 2.34. The maximum atomic E-state index is 13.8. The first-order valence-corrected chi connectivity index (χ1v) is 8.27. The first kappa shape index (κ1) is 16.5. The van der Waals surface area contributed by atoms with Crippen LogP contribution >= 0.6 is 27.7 Å². The SMILES string of the molecule is CCC(N)Cc1ccc(Br)cc1Sc1ccc(F)cc1F. The van der Waals surface area contributed by atoms with Gasteiger partial charge in [-0.15, -0.1) is 0 Å². The summed E-state index contributed by atoms with van der Waals surface area (Å²) in [6, 6.07) is 9.57. The van der Waals surface area contributed by atoms with Gasteiger partial charge in [0, 0.05) is 26.4 Å². The lowest BCUT2D eigenvalue weighted by molar-refractivity contribution is 0.565. The zero-order valence-corrected chi connectivity index (χ0v) is 14.0. The first-order chi connectivity index (χ1) is 9.99. The molecule has 0 aromatic heterocycles. The van der Waals surface area contributed by atoms with Gasteiger partial charge in [0.2, 0.25) is 0 Å². The standard InChI is InChI=1S/C16H16BrF2NS/c1-2-13(20)7-10-3-4-11(17)8-16(10)21-15-6-5-12(18)9-14(15)19/h3-6,8-9,13H,2,7,20H2,1H3. The Hall–Kier alpha value is -0.910. The van der Waals surface area contributed by atoms with Crippen LogP contribution in [-0.4, -0.2) is 6.04 Å². The summed E-state index contributed by atoms with van der Waals surface area (Å²) >= 11 is 4.71. The summed E-state index contributed by atoms with van der Waals surface area (Å²) in [7, 11) is 0. The highest BCUT2D eigenvalue weighted by atomic mass is 79.9. The molecule has 0 saturated heterocycles. The van der Waals surface area contributed by atoms with Crippen molar-refractivity contribution in [1.82, 2.24) is 0 Å². The van der Waals surface area contributed by atoms with Gasteiger partial charge in [0.05, 0.1) is 0 Å². The van der Waals surface area contributed by atoms with E-state index in [2.05, 4.69) is 15.9 Å². The van der Waals surface area contributed by atoms with Crippen LogP contribution in [0.1, 0.15) is 18.9 Å². The second-order valence-electron chi connectivity index (χ2n) is 4.80. The lowest BCUT2D eigenvalue weighted by Gasteiger charge is -2.14. The Labute approximate surface area is 136 Å². The average Bonchev–Trinajstić information content (AvgIpc) is 2.44. The van der Waals surface area contributed by atoms with E-state index in [0.29, 0.717) is 4.90 Å². The normalized spacial score (nSPS) is 12.4. The Morgan fingerprint density at radius 2 is 1.90 bits per heavy atom. The number of hydrogen-bond acceptors (Lipinski definition) is 2. The van der Waals surface area contributed by atoms with E-state index in [1.807, 2.05) is 25.1 Å². The van der Waals surface area contributed by atoms with Gasteiger partial charge >= 0.3 is 0 Å². The van der Waals surface area contributed by atoms with Gasteiger partial charge in [0.25, 0.3) is 0 Å². The van der Waals surface area contributed by atoms with Crippen LogP contribution < -0.4 is 5.73 Å². The fourth-order valence-corrected chi connectivity index (χ4v) is 3.41. The third-order valence-electron chi connectivity index (χ3n) is 3.15. The Balaban J connectivity index is 2.31. The van der Waals surface area contributed by atoms with Crippen molar-refractivity contribution in [2.75, 3.05) is 0 Å². The van der Waals surface area contributed by atoms with E-state index in [0.717, 1.165) is 33.8 Å². The number of halogens is 3. The third-order valence-corrected chi connectivity index (χ3v) is 4.79. The van der Waals surface area contributed by atoms with Crippen LogP contribution in [0.5, 0.6) is 0 Å². The van der Waals surface area contributed by atoms with Crippen LogP contribution in [0.15, 0.2) is 50.7 Å². The summed E-state index contributed by atoms with van der Waals surface area (Å²) in [6.45, 7) is 2.04. The van der Waals surface area contributed by atoms with Crippen molar-refractivity contribution in [3.63, 3.8) is 0 Å². The lowest BCUT2D eigenvalue weighted by atomic mass is 10.1. The average molecular weight is 372 g/mol. The molecule has 0 amide bonds. The highest BCUT2D eigenvalue weighted by molar-refractivity contribution is 9.10. The lowest BCUT2D eigenvalue weighted by Crippen LogP contribution is -2.21. The molecular formula is C16H16BrF2NS. The molecule has 0 saturated carbocycles. The van der Waals surface area contributed by atoms with E-state index in [4.69, 9.17) is 5.73 Å². The van der Waals surface area contributed by atoms with Gasteiger partial charge in [-0.2, -0.15) is 0 Å². The highest BCUT2D eigenvalue weighted by Gasteiger charge is 2.12. The molecule has 2 aromatic carbocycles. The molecule has 0 fully saturated rings. The van der Waals surface area contributed by atoms with Crippen molar-refractivity contribution < 1.29 is 8.78 Å². The van der Waals surface area contributed by atoms with E-state index in [-0.39, 0.29) is 6.04 Å². The van der Waals surface area contributed by atoms with Crippen LogP contribution in [-0.2, 0) is 6.42 Å². The number of nitrogens with two attached hydrogens (primary N) is 1. The second kappa shape index (κ2) is 7.38. The van der Waals surface area contributed by atoms with Crippen LogP contribution in [0, 0.1) is 11.6 Å². The second-order valence-corrected chi connectivity index (χ2v) is 6.80. The van der Waals surface area contributed by atoms with Crippen molar-refractivity contribution >= 4 is 27.7 Å².